The highest BCUT2D eigenvalue weighted by Crippen LogP contribution is 2.32. The first kappa shape index (κ1) is 13.2. The summed E-state index contributed by atoms with van der Waals surface area (Å²) in [6, 6.07) is 5.61. The van der Waals surface area contributed by atoms with E-state index in [2.05, 4.69) is 18.7 Å². The maximum Gasteiger partial charge on any atom is 0.162 e. The van der Waals surface area contributed by atoms with Crippen molar-refractivity contribution in [3.05, 3.63) is 23.8 Å². The number of phenols is 1. The lowest BCUT2D eigenvalue weighted by atomic mass is 10.0. The highest BCUT2D eigenvalue weighted by Gasteiger charge is 2.30. The van der Waals surface area contributed by atoms with Gasteiger partial charge in [-0.05, 0) is 19.9 Å². The third-order valence-corrected chi connectivity index (χ3v) is 3.48. The van der Waals surface area contributed by atoms with Crippen LogP contribution >= 0.6 is 0 Å². The Morgan fingerprint density at radius 2 is 2.22 bits per heavy atom. The summed E-state index contributed by atoms with van der Waals surface area (Å²) in [5, 5.41) is 10.1. The number of rotatable bonds is 3. The molecule has 1 saturated heterocycles. The fraction of sp³-hybridized carbons (Fsp3) is 0.571. The molecule has 1 heterocycles. The van der Waals surface area contributed by atoms with Crippen molar-refractivity contribution in [1.29, 1.82) is 0 Å². The van der Waals surface area contributed by atoms with Crippen molar-refractivity contribution >= 4 is 0 Å². The average Bonchev–Trinajstić information content (AvgIpc) is 2.34. The van der Waals surface area contributed by atoms with Gasteiger partial charge in [-0.3, -0.25) is 4.90 Å². The number of phenolic OH excluding ortho intramolecular Hbond substituents is 1. The largest absolute Gasteiger partial charge is 0.504 e. The minimum Gasteiger partial charge on any atom is -0.504 e. The molecule has 1 N–H and O–H groups in total. The van der Waals surface area contributed by atoms with E-state index in [0.717, 1.165) is 25.3 Å². The summed E-state index contributed by atoms with van der Waals surface area (Å²) in [4.78, 5) is 2.32. The van der Waals surface area contributed by atoms with E-state index >= 15 is 0 Å². The molecule has 1 aromatic carbocycles. The standard InChI is InChI=1S/C14H21NO3/c1-14(2)10-18-8-7-15(14)9-11-5-4-6-12(17-3)13(11)16/h4-6,16H,7-10H2,1-3H3. The molecule has 1 aliphatic rings. The zero-order valence-corrected chi connectivity index (χ0v) is 11.3. The van der Waals surface area contributed by atoms with E-state index in [9.17, 15) is 5.11 Å². The van der Waals surface area contributed by atoms with Crippen molar-refractivity contribution in [3.63, 3.8) is 0 Å². The van der Waals surface area contributed by atoms with E-state index in [0.29, 0.717) is 12.3 Å². The van der Waals surface area contributed by atoms with Crippen LogP contribution in [-0.4, -0.2) is 42.4 Å². The number of nitrogens with zero attached hydrogens (tertiary/aromatic N) is 1. The summed E-state index contributed by atoms with van der Waals surface area (Å²) < 4.78 is 10.6. The van der Waals surface area contributed by atoms with Crippen molar-refractivity contribution in [1.82, 2.24) is 4.90 Å². The van der Waals surface area contributed by atoms with Gasteiger partial charge in [-0.1, -0.05) is 12.1 Å². The van der Waals surface area contributed by atoms with Crippen molar-refractivity contribution in [3.8, 4) is 11.5 Å². The van der Waals surface area contributed by atoms with Gasteiger partial charge >= 0.3 is 0 Å². The molecule has 1 aliphatic heterocycles. The second-order valence-electron chi connectivity index (χ2n) is 5.25. The minimum absolute atomic E-state index is 0.00618. The molecule has 0 unspecified atom stereocenters. The number of methoxy groups -OCH3 is 1. The highest BCUT2D eigenvalue weighted by molar-refractivity contribution is 5.45. The number of aromatic hydroxyl groups is 1. The fourth-order valence-corrected chi connectivity index (χ4v) is 2.25. The molecule has 2 rings (SSSR count). The Morgan fingerprint density at radius 1 is 1.44 bits per heavy atom. The van der Waals surface area contributed by atoms with Gasteiger partial charge in [0.25, 0.3) is 0 Å². The molecule has 4 heteroatoms. The van der Waals surface area contributed by atoms with Crippen LogP contribution in [0.2, 0.25) is 0 Å². The molecule has 100 valence electrons. The van der Waals surface area contributed by atoms with Gasteiger partial charge in [0.2, 0.25) is 0 Å². The fourth-order valence-electron chi connectivity index (χ4n) is 2.25. The zero-order valence-electron chi connectivity index (χ0n) is 11.3. The Kier molecular flexibility index (Phi) is 3.78. The molecule has 0 saturated carbocycles. The topological polar surface area (TPSA) is 41.9 Å². The van der Waals surface area contributed by atoms with Gasteiger partial charge in [0.05, 0.1) is 20.3 Å². The number of benzene rings is 1. The molecule has 1 fully saturated rings. The smallest absolute Gasteiger partial charge is 0.162 e. The van der Waals surface area contributed by atoms with Gasteiger partial charge in [-0.25, -0.2) is 0 Å². The Hall–Kier alpha value is -1.26. The Labute approximate surface area is 108 Å². The molecule has 0 atom stereocenters. The van der Waals surface area contributed by atoms with E-state index in [1.54, 1.807) is 13.2 Å². The molecule has 0 aromatic heterocycles. The Morgan fingerprint density at radius 3 is 2.89 bits per heavy atom. The van der Waals surface area contributed by atoms with Crippen LogP contribution in [0, 0.1) is 0 Å². The monoisotopic (exact) mass is 251 g/mol. The summed E-state index contributed by atoms with van der Waals surface area (Å²) in [7, 11) is 1.57. The first-order chi connectivity index (χ1) is 8.54. The van der Waals surface area contributed by atoms with Crippen LogP contribution in [0.25, 0.3) is 0 Å². The van der Waals surface area contributed by atoms with E-state index in [4.69, 9.17) is 9.47 Å². The lowest BCUT2D eigenvalue weighted by Gasteiger charge is -2.42. The lowest BCUT2D eigenvalue weighted by Crippen LogP contribution is -2.52. The minimum atomic E-state index is -0.00618. The predicted molar refractivity (Wildman–Crippen MR) is 70.0 cm³/mol. The number of para-hydroxylation sites is 1. The molecule has 0 aliphatic carbocycles. The van der Waals surface area contributed by atoms with Crippen molar-refractivity contribution in [2.75, 3.05) is 26.9 Å². The molecule has 0 amide bonds. The first-order valence-corrected chi connectivity index (χ1v) is 6.22. The average molecular weight is 251 g/mol. The van der Waals surface area contributed by atoms with Crippen LogP contribution in [0.5, 0.6) is 11.5 Å². The van der Waals surface area contributed by atoms with Crippen LogP contribution < -0.4 is 4.74 Å². The zero-order chi connectivity index (χ0) is 13.2. The van der Waals surface area contributed by atoms with Crippen molar-refractivity contribution in [2.45, 2.75) is 25.9 Å². The van der Waals surface area contributed by atoms with Crippen LogP contribution in [-0.2, 0) is 11.3 Å². The summed E-state index contributed by atoms with van der Waals surface area (Å²) in [5.41, 5.74) is 0.887. The van der Waals surface area contributed by atoms with Gasteiger partial charge in [0.1, 0.15) is 0 Å². The SMILES string of the molecule is COc1cccc(CN2CCOCC2(C)C)c1O. The summed E-state index contributed by atoms with van der Waals surface area (Å²) >= 11 is 0. The second-order valence-corrected chi connectivity index (χ2v) is 5.25. The Bertz CT molecular complexity index is 418. The van der Waals surface area contributed by atoms with Crippen LogP contribution in [0.4, 0.5) is 0 Å². The summed E-state index contributed by atoms with van der Waals surface area (Å²) in [5.74, 6) is 0.765. The molecular formula is C14H21NO3. The highest BCUT2D eigenvalue weighted by atomic mass is 16.5. The number of hydrogen-bond donors (Lipinski definition) is 1. The van der Waals surface area contributed by atoms with Crippen LogP contribution in [0.1, 0.15) is 19.4 Å². The van der Waals surface area contributed by atoms with E-state index < -0.39 is 0 Å². The predicted octanol–water partition coefficient (Wildman–Crippen LogP) is 2.01. The number of ether oxygens (including phenoxy) is 2. The molecular weight excluding hydrogens is 230 g/mol. The normalized spacial score (nSPS) is 19.7. The van der Waals surface area contributed by atoms with E-state index in [1.807, 2.05) is 12.1 Å². The number of hydrogen-bond acceptors (Lipinski definition) is 4. The second kappa shape index (κ2) is 5.16. The van der Waals surface area contributed by atoms with E-state index in [1.165, 1.54) is 0 Å². The molecule has 0 radical (unpaired) electrons. The maximum atomic E-state index is 10.1. The molecule has 4 nitrogen and oxygen atoms in total. The van der Waals surface area contributed by atoms with Gasteiger partial charge in [0.15, 0.2) is 11.5 Å². The summed E-state index contributed by atoms with van der Waals surface area (Å²) in [6.07, 6.45) is 0. The van der Waals surface area contributed by atoms with Crippen molar-refractivity contribution < 1.29 is 14.6 Å². The quantitative estimate of drug-likeness (QED) is 0.892. The van der Waals surface area contributed by atoms with Gasteiger partial charge < -0.3 is 14.6 Å². The molecule has 1 aromatic rings. The molecule has 0 spiro atoms. The third kappa shape index (κ3) is 2.60. The van der Waals surface area contributed by atoms with E-state index in [-0.39, 0.29) is 11.3 Å². The van der Waals surface area contributed by atoms with Gasteiger partial charge in [-0.15, -0.1) is 0 Å². The first-order valence-electron chi connectivity index (χ1n) is 6.22. The molecule has 18 heavy (non-hydrogen) atoms. The van der Waals surface area contributed by atoms with Crippen LogP contribution in [0.15, 0.2) is 18.2 Å². The van der Waals surface area contributed by atoms with Gasteiger partial charge in [0, 0.05) is 24.2 Å². The molecule has 0 bridgehead atoms. The summed E-state index contributed by atoms with van der Waals surface area (Å²) in [6.45, 7) is 7.36. The number of morpholine rings is 1. The van der Waals surface area contributed by atoms with Crippen LogP contribution in [0.3, 0.4) is 0 Å². The van der Waals surface area contributed by atoms with Crippen molar-refractivity contribution in [2.24, 2.45) is 0 Å². The van der Waals surface area contributed by atoms with Gasteiger partial charge in [-0.2, -0.15) is 0 Å². The Balaban J connectivity index is 2.18. The maximum absolute atomic E-state index is 10.1. The lowest BCUT2D eigenvalue weighted by molar-refractivity contribution is -0.0555. The third-order valence-electron chi connectivity index (χ3n) is 3.48.